The van der Waals surface area contributed by atoms with Gasteiger partial charge >= 0.3 is 0 Å². The average Bonchev–Trinajstić information content (AvgIpc) is 2.57. The van der Waals surface area contributed by atoms with E-state index in [0.29, 0.717) is 19.4 Å². The highest BCUT2D eigenvalue weighted by Crippen LogP contribution is 2.02. The lowest BCUT2D eigenvalue weighted by molar-refractivity contribution is -0.355. The van der Waals surface area contributed by atoms with Gasteiger partial charge in [-0.15, -0.1) is 0 Å². The summed E-state index contributed by atoms with van der Waals surface area (Å²) in [5.41, 5.74) is 3.37. The highest BCUT2D eigenvalue weighted by atomic mass is 16.4. The monoisotopic (exact) mass is 373 g/mol. The Morgan fingerprint density at radius 1 is 1.00 bits per heavy atom. The first-order valence-corrected chi connectivity index (χ1v) is 8.28. The third-order valence-electron chi connectivity index (χ3n) is 3.33. The molecule has 0 aromatic rings. The van der Waals surface area contributed by atoms with Crippen molar-refractivity contribution in [2.75, 3.05) is 19.6 Å². The number of carbonyl (C=O) groups excluding carboxylic acids is 5. The molecule has 0 aromatic heterocycles. The molecule has 0 radical (unpaired) electrons. The quantitative estimate of drug-likeness (QED) is 0.214. The number of aliphatic carboxylic acids is 1. The predicted octanol–water partition coefficient (Wildman–Crippen LogP) is -4.61. The Balaban J connectivity index is 4.63. The summed E-state index contributed by atoms with van der Waals surface area (Å²) in [4.78, 5) is 56.7. The van der Waals surface area contributed by atoms with Gasteiger partial charge in [-0.3, -0.25) is 19.2 Å². The van der Waals surface area contributed by atoms with Gasteiger partial charge in [0.1, 0.15) is 6.04 Å². The molecule has 0 aliphatic carbocycles. The van der Waals surface area contributed by atoms with Crippen LogP contribution in [0.25, 0.3) is 0 Å². The number of unbranched alkanes of at least 4 members (excludes halogenated alkanes) is 1. The van der Waals surface area contributed by atoms with E-state index in [1.807, 2.05) is 0 Å². The Morgan fingerprint density at radius 2 is 1.65 bits per heavy atom. The zero-order valence-corrected chi connectivity index (χ0v) is 15.1. The van der Waals surface area contributed by atoms with Crippen LogP contribution in [-0.4, -0.2) is 61.3 Å². The van der Waals surface area contributed by atoms with Crippen LogP contribution in [0, 0.1) is 0 Å². The SMILES string of the molecule is CC(=O)NCCCC[C@H](NC(=O)CNC(=O)C[NH3+])C(=O)N[C@@H](C)C(=O)[O-]. The molecule has 0 aliphatic rings. The molecule has 0 aliphatic heterocycles. The lowest BCUT2D eigenvalue weighted by Gasteiger charge is -2.22. The number of amides is 4. The van der Waals surface area contributed by atoms with Crippen LogP contribution in [0.4, 0.5) is 0 Å². The topological polar surface area (TPSA) is 184 Å². The van der Waals surface area contributed by atoms with Crippen molar-refractivity contribution in [3.8, 4) is 0 Å². The minimum absolute atomic E-state index is 0.0243. The molecule has 4 amide bonds. The maximum absolute atomic E-state index is 12.2. The Hall–Kier alpha value is -2.69. The van der Waals surface area contributed by atoms with Crippen molar-refractivity contribution in [1.29, 1.82) is 0 Å². The fraction of sp³-hybridized carbons (Fsp3) is 0.667. The molecule has 0 spiro atoms. The summed E-state index contributed by atoms with van der Waals surface area (Å²) in [6.07, 6.45) is 1.32. The maximum atomic E-state index is 12.2. The van der Waals surface area contributed by atoms with E-state index < -0.39 is 35.8 Å². The van der Waals surface area contributed by atoms with E-state index in [1.54, 1.807) is 0 Å². The first-order valence-electron chi connectivity index (χ1n) is 8.28. The standard InChI is InChI=1S/C15H27N5O6/c1-9(15(25)26)19-14(24)11(5-3-4-6-17-10(2)21)20-13(23)8-18-12(22)7-16/h9,11H,3-8,16H2,1-2H3,(H,17,21)(H,18,22)(H,19,24)(H,20,23)(H,25,26)/t9-,11-/m0/s1. The van der Waals surface area contributed by atoms with Crippen LogP contribution in [0.2, 0.25) is 0 Å². The van der Waals surface area contributed by atoms with Crippen LogP contribution in [0.5, 0.6) is 0 Å². The Kier molecular flexibility index (Phi) is 11.3. The normalized spacial score (nSPS) is 12.4. The van der Waals surface area contributed by atoms with Crippen LogP contribution in [0.15, 0.2) is 0 Å². The zero-order chi connectivity index (χ0) is 20.1. The Bertz CT molecular complexity index is 525. The molecule has 0 saturated heterocycles. The molecule has 26 heavy (non-hydrogen) atoms. The average molecular weight is 373 g/mol. The van der Waals surface area contributed by atoms with E-state index in [4.69, 9.17) is 0 Å². The van der Waals surface area contributed by atoms with Gasteiger partial charge in [0.05, 0.1) is 18.6 Å². The van der Waals surface area contributed by atoms with Gasteiger partial charge in [-0.1, -0.05) is 0 Å². The number of hydrogen-bond acceptors (Lipinski definition) is 6. The van der Waals surface area contributed by atoms with Crippen molar-refractivity contribution in [1.82, 2.24) is 21.3 Å². The first kappa shape index (κ1) is 23.3. The number of carboxylic acid groups (broad SMARTS) is 1. The summed E-state index contributed by atoms with van der Waals surface area (Å²) in [6.45, 7) is 2.71. The minimum Gasteiger partial charge on any atom is -0.548 e. The molecule has 0 unspecified atom stereocenters. The fourth-order valence-corrected chi connectivity index (χ4v) is 1.89. The van der Waals surface area contributed by atoms with Crippen LogP contribution >= 0.6 is 0 Å². The molecule has 7 N–H and O–H groups in total. The zero-order valence-electron chi connectivity index (χ0n) is 15.1. The van der Waals surface area contributed by atoms with Crippen LogP contribution in [0.3, 0.4) is 0 Å². The molecule has 0 bridgehead atoms. The summed E-state index contributed by atoms with van der Waals surface area (Å²) >= 11 is 0. The van der Waals surface area contributed by atoms with E-state index >= 15 is 0 Å². The molecular formula is C15H27N5O6. The Morgan fingerprint density at radius 3 is 2.19 bits per heavy atom. The smallest absolute Gasteiger partial charge is 0.275 e. The van der Waals surface area contributed by atoms with Gasteiger partial charge in [0.25, 0.3) is 5.91 Å². The van der Waals surface area contributed by atoms with Gasteiger partial charge in [0, 0.05) is 13.5 Å². The number of quaternary nitrogens is 1. The lowest BCUT2D eigenvalue weighted by atomic mass is 10.1. The van der Waals surface area contributed by atoms with Gasteiger partial charge in [0.15, 0.2) is 6.54 Å². The third kappa shape index (κ3) is 11.0. The second-order valence-electron chi connectivity index (χ2n) is 5.67. The van der Waals surface area contributed by atoms with Gasteiger partial charge in [0.2, 0.25) is 17.7 Å². The van der Waals surface area contributed by atoms with E-state index in [1.165, 1.54) is 13.8 Å². The largest absolute Gasteiger partial charge is 0.548 e. The number of carboxylic acids is 1. The molecular weight excluding hydrogens is 346 g/mol. The molecule has 0 rings (SSSR count). The number of rotatable bonds is 12. The predicted molar refractivity (Wildman–Crippen MR) is 87.8 cm³/mol. The molecule has 11 nitrogen and oxygen atoms in total. The minimum atomic E-state index is -1.45. The number of hydrogen-bond donors (Lipinski definition) is 5. The van der Waals surface area contributed by atoms with Crippen molar-refractivity contribution in [2.24, 2.45) is 0 Å². The van der Waals surface area contributed by atoms with Crippen molar-refractivity contribution >= 4 is 29.6 Å². The highest BCUT2D eigenvalue weighted by Gasteiger charge is 2.22. The summed E-state index contributed by atoms with van der Waals surface area (Å²) in [7, 11) is 0. The van der Waals surface area contributed by atoms with Crippen molar-refractivity contribution in [3.05, 3.63) is 0 Å². The van der Waals surface area contributed by atoms with E-state index in [2.05, 4.69) is 27.0 Å². The molecule has 2 atom stereocenters. The van der Waals surface area contributed by atoms with Crippen molar-refractivity contribution < 1.29 is 34.8 Å². The van der Waals surface area contributed by atoms with E-state index in [-0.39, 0.29) is 25.4 Å². The van der Waals surface area contributed by atoms with E-state index in [9.17, 15) is 29.1 Å². The molecule has 11 heteroatoms. The van der Waals surface area contributed by atoms with Gasteiger partial charge in [-0.2, -0.15) is 0 Å². The van der Waals surface area contributed by atoms with Crippen LogP contribution < -0.4 is 32.1 Å². The summed E-state index contributed by atoms with van der Waals surface area (Å²) in [6, 6.07) is -2.19. The van der Waals surface area contributed by atoms with E-state index in [0.717, 1.165) is 0 Å². The van der Waals surface area contributed by atoms with Crippen LogP contribution in [-0.2, 0) is 24.0 Å². The second-order valence-corrected chi connectivity index (χ2v) is 5.67. The first-order chi connectivity index (χ1) is 12.2. The second kappa shape index (κ2) is 12.6. The Labute approximate surface area is 151 Å². The molecule has 148 valence electrons. The summed E-state index contributed by atoms with van der Waals surface area (Å²) in [5, 5.41) is 20.4. The molecule has 0 saturated carbocycles. The highest BCUT2D eigenvalue weighted by molar-refractivity contribution is 5.91. The number of carbonyl (C=O) groups is 5. The molecule has 0 fully saturated rings. The summed E-state index contributed by atoms with van der Waals surface area (Å²) < 4.78 is 0. The van der Waals surface area contributed by atoms with Crippen molar-refractivity contribution in [2.45, 2.75) is 45.2 Å². The molecule has 0 heterocycles. The third-order valence-corrected chi connectivity index (χ3v) is 3.33. The summed E-state index contributed by atoms with van der Waals surface area (Å²) in [5.74, 6) is -3.29. The van der Waals surface area contributed by atoms with Gasteiger partial charge < -0.3 is 36.9 Å². The van der Waals surface area contributed by atoms with Gasteiger partial charge in [-0.05, 0) is 26.2 Å². The fourth-order valence-electron chi connectivity index (χ4n) is 1.89. The van der Waals surface area contributed by atoms with Crippen molar-refractivity contribution in [3.63, 3.8) is 0 Å². The number of nitrogens with one attached hydrogen (secondary N) is 4. The maximum Gasteiger partial charge on any atom is 0.275 e. The van der Waals surface area contributed by atoms with Crippen LogP contribution in [0.1, 0.15) is 33.1 Å². The van der Waals surface area contributed by atoms with Gasteiger partial charge in [-0.25, -0.2) is 0 Å². The lowest BCUT2D eigenvalue weighted by Crippen LogP contribution is -2.58. The molecule has 0 aromatic carbocycles.